The standard InChI is InChI=1S/C13H19NO2/c1-4-11-12(15-9(2)3)7-14-8-13(11)16-10-5-6-10/h7-10H,4-6H2,1-3H3. The van der Waals surface area contributed by atoms with Crippen LogP contribution in [0.25, 0.3) is 0 Å². The number of hydrogen-bond acceptors (Lipinski definition) is 3. The molecule has 3 heteroatoms. The number of pyridine rings is 1. The van der Waals surface area contributed by atoms with Crippen molar-refractivity contribution in [2.24, 2.45) is 0 Å². The normalized spacial score (nSPS) is 15.2. The van der Waals surface area contributed by atoms with E-state index in [1.54, 1.807) is 12.4 Å². The van der Waals surface area contributed by atoms with E-state index >= 15 is 0 Å². The molecule has 0 saturated heterocycles. The van der Waals surface area contributed by atoms with Crippen molar-refractivity contribution in [2.75, 3.05) is 0 Å². The van der Waals surface area contributed by atoms with Crippen LogP contribution in [0.3, 0.4) is 0 Å². The molecule has 0 spiro atoms. The fourth-order valence-corrected chi connectivity index (χ4v) is 1.62. The van der Waals surface area contributed by atoms with Crippen molar-refractivity contribution < 1.29 is 9.47 Å². The summed E-state index contributed by atoms with van der Waals surface area (Å²) in [5, 5.41) is 0. The van der Waals surface area contributed by atoms with Crippen LogP contribution in [0.1, 0.15) is 39.2 Å². The molecule has 1 saturated carbocycles. The van der Waals surface area contributed by atoms with Crippen LogP contribution in [0, 0.1) is 0 Å². The molecule has 0 aromatic carbocycles. The molecule has 1 aliphatic rings. The summed E-state index contributed by atoms with van der Waals surface area (Å²) < 4.78 is 11.6. The Morgan fingerprint density at radius 2 is 2.00 bits per heavy atom. The Morgan fingerprint density at radius 1 is 1.31 bits per heavy atom. The number of hydrogen-bond donors (Lipinski definition) is 0. The van der Waals surface area contributed by atoms with Gasteiger partial charge in [0.15, 0.2) is 0 Å². The van der Waals surface area contributed by atoms with Gasteiger partial charge in [-0.2, -0.15) is 0 Å². The lowest BCUT2D eigenvalue weighted by Gasteiger charge is -2.16. The SMILES string of the molecule is CCc1c(OC(C)C)cncc1OC1CC1. The molecule has 1 fully saturated rings. The van der Waals surface area contributed by atoms with E-state index in [0.717, 1.165) is 23.5 Å². The molecule has 3 nitrogen and oxygen atoms in total. The van der Waals surface area contributed by atoms with Gasteiger partial charge >= 0.3 is 0 Å². The zero-order valence-electron chi connectivity index (χ0n) is 10.2. The molecule has 1 aromatic rings. The van der Waals surface area contributed by atoms with Gasteiger partial charge in [0.05, 0.1) is 24.6 Å². The predicted molar refractivity (Wildman–Crippen MR) is 63.0 cm³/mol. The van der Waals surface area contributed by atoms with Crippen molar-refractivity contribution in [3.05, 3.63) is 18.0 Å². The molecule has 1 heterocycles. The molecule has 0 radical (unpaired) electrons. The number of aromatic nitrogens is 1. The number of ether oxygens (including phenoxy) is 2. The van der Waals surface area contributed by atoms with Crippen molar-refractivity contribution in [1.82, 2.24) is 4.98 Å². The Labute approximate surface area is 96.8 Å². The van der Waals surface area contributed by atoms with Gasteiger partial charge in [-0.05, 0) is 33.1 Å². The van der Waals surface area contributed by atoms with E-state index in [4.69, 9.17) is 9.47 Å². The molecule has 0 bridgehead atoms. The monoisotopic (exact) mass is 221 g/mol. The first-order valence-electron chi connectivity index (χ1n) is 6.01. The highest BCUT2D eigenvalue weighted by Gasteiger charge is 2.25. The van der Waals surface area contributed by atoms with Gasteiger partial charge in [0.1, 0.15) is 11.5 Å². The molecule has 2 rings (SSSR count). The largest absolute Gasteiger partial charge is 0.489 e. The summed E-state index contributed by atoms with van der Waals surface area (Å²) in [6.45, 7) is 6.16. The van der Waals surface area contributed by atoms with Crippen LogP contribution in [-0.2, 0) is 6.42 Å². The Bertz CT molecular complexity index is 337. The maximum Gasteiger partial charge on any atom is 0.144 e. The van der Waals surface area contributed by atoms with Crippen molar-refractivity contribution in [3.63, 3.8) is 0 Å². The molecule has 1 aliphatic carbocycles. The molecule has 0 unspecified atom stereocenters. The Morgan fingerprint density at radius 3 is 2.56 bits per heavy atom. The average Bonchev–Trinajstić information content (AvgIpc) is 3.01. The molecule has 0 atom stereocenters. The van der Waals surface area contributed by atoms with E-state index < -0.39 is 0 Å². The fraction of sp³-hybridized carbons (Fsp3) is 0.615. The van der Waals surface area contributed by atoms with Crippen LogP contribution in [-0.4, -0.2) is 17.2 Å². The molecule has 88 valence electrons. The van der Waals surface area contributed by atoms with Crippen LogP contribution in [0.2, 0.25) is 0 Å². The van der Waals surface area contributed by atoms with E-state index in [1.165, 1.54) is 12.8 Å². The van der Waals surface area contributed by atoms with E-state index in [2.05, 4.69) is 11.9 Å². The maximum absolute atomic E-state index is 5.83. The first-order chi connectivity index (χ1) is 7.70. The second-order valence-electron chi connectivity index (χ2n) is 4.45. The third-order valence-corrected chi connectivity index (χ3v) is 2.51. The Kier molecular flexibility index (Phi) is 3.32. The van der Waals surface area contributed by atoms with Crippen molar-refractivity contribution in [2.45, 2.75) is 52.2 Å². The van der Waals surface area contributed by atoms with E-state index in [-0.39, 0.29) is 6.10 Å². The van der Waals surface area contributed by atoms with Gasteiger partial charge in [-0.3, -0.25) is 4.98 Å². The minimum Gasteiger partial charge on any atom is -0.489 e. The van der Waals surface area contributed by atoms with Gasteiger partial charge in [0, 0.05) is 5.56 Å². The van der Waals surface area contributed by atoms with Gasteiger partial charge in [-0.15, -0.1) is 0 Å². The third-order valence-electron chi connectivity index (χ3n) is 2.51. The van der Waals surface area contributed by atoms with Crippen LogP contribution >= 0.6 is 0 Å². The lowest BCUT2D eigenvalue weighted by molar-refractivity contribution is 0.234. The molecule has 1 aromatic heterocycles. The first kappa shape index (κ1) is 11.2. The molecule has 16 heavy (non-hydrogen) atoms. The summed E-state index contributed by atoms with van der Waals surface area (Å²) >= 11 is 0. The van der Waals surface area contributed by atoms with Gasteiger partial charge < -0.3 is 9.47 Å². The molecular weight excluding hydrogens is 202 g/mol. The van der Waals surface area contributed by atoms with Crippen molar-refractivity contribution in [3.8, 4) is 11.5 Å². The Hall–Kier alpha value is -1.25. The zero-order chi connectivity index (χ0) is 11.5. The second-order valence-corrected chi connectivity index (χ2v) is 4.45. The van der Waals surface area contributed by atoms with E-state index in [9.17, 15) is 0 Å². The first-order valence-corrected chi connectivity index (χ1v) is 6.01. The van der Waals surface area contributed by atoms with Gasteiger partial charge in [-0.1, -0.05) is 6.92 Å². The molecular formula is C13H19NO2. The summed E-state index contributed by atoms with van der Waals surface area (Å²) in [5.41, 5.74) is 1.13. The van der Waals surface area contributed by atoms with Crippen LogP contribution in [0.4, 0.5) is 0 Å². The highest BCUT2D eigenvalue weighted by molar-refractivity contribution is 5.42. The summed E-state index contributed by atoms with van der Waals surface area (Å²) in [6, 6.07) is 0. The fourth-order valence-electron chi connectivity index (χ4n) is 1.62. The molecule has 0 N–H and O–H groups in total. The third kappa shape index (κ3) is 2.65. The minimum absolute atomic E-state index is 0.170. The number of rotatable bonds is 5. The van der Waals surface area contributed by atoms with E-state index in [0.29, 0.717) is 6.10 Å². The number of nitrogens with zero attached hydrogens (tertiary/aromatic N) is 1. The van der Waals surface area contributed by atoms with Crippen LogP contribution in [0.5, 0.6) is 11.5 Å². The van der Waals surface area contributed by atoms with Crippen LogP contribution < -0.4 is 9.47 Å². The summed E-state index contributed by atoms with van der Waals surface area (Å²) in [5.74, 6) is 1.75. The summed E-state index contributed by atoms with van der Waals surface area (Å²) in [4.78, 5) is 4.18. The summed E-state index contributed by atoms with van der Waals surface area (Å²) in [7, 11) is 0. The topological polar surface area (TPSA) is 31.4 Å². The zero-order valence-corrected chi connectivity index (χ0v) is 10.2. The van der Waals surface area contributed by atoms with Crippen molar-refractivity contribution >= 4 is 0 Å². The van der Waals surface area contributed by atoms with Gasteiger partial charge in [0.2, 0.25) is 0 Å². The summed E-state index contributed by atoms with van der Waals surface area (Å²) in [6.07, 6.45) is 7.39. The highest BCUT2D eigenvalue weighted by atomic mass is 16.5. The van der Waals surface area contributed by atoms with Crippen molar-refractivity contribution in [1.29, 1.82) is 0 Å². The average molecular weight is 221 g/mol. The molecule has 0 amide bonds. The van der Waals surface area contributed by atoms with E-state index in [1.807, 2.05) is 13.8 Å². The second kappa shape index (κ2) is 4.73. The Balaban J connectivity index is 2.21. The minimum atomic E-state index is 0.170. The highest BCUT2D eigenvalue weighted by Crippen LogP contribution is 2.33. The van der Waals surface area contributed by atoms with Gasteiger partial charge in [-0.25, -0.2) is 0 Å². The maximum atomic E-state index is 5.83. The predicted octanol–water partition coefficient (Wildman–Crippen LogP) is 2.97. The smallest absolute Gasteiger partial charge is 0.144 e. The lowest BCUT2D eigenvalue weighted by atomic mass is 10.2. The quantitative estimate of drug-likeness (QED) is 0.766. The lowest BCUT2D eigenvalue weighted by Crippen LogP contribution is -2.09. The van der Waals surface area contributed by atoms with Crippen LogP contribution in [0.15, 0.2) is 12.4 Å². The molecule has 0 aliphatic heterocycles. The van der Waals surface area contributed by atoms with Gasteiger partial charge in [0.25, 0.3) is 0 Å².